The smallest absolute Gasteiger partial charge is 0.228 e. The Balaban J connectivity index is 2.01. The van der Waals surface area contributed by atoms with Crippen molar-refractivity contribution in [2.24, 2.45) is 0 Å². The lowest BCUT2D eigenvalue weighted by molar-refractivity contribution is 0.122. The summed E-state index contributed by atoms with van der Waals surface area (Å²) in [6.07, 6.45) is 0.786. The van der Waals surface area contributed by atoms with Gasteiger partial charge in [0.2, 0.25) is 5.95 Å². The van der Waals surface area contributed by atoms with Crippen molar-refractivity contribution in [2.45, 2.75) is 13.3 Å². The molecule has 0 spiro atoms. The molecule has 2 aromatic rings. The molecule has 0 atom stereocenters. The summed E-state index contributed by atoms with van der Waals surface area (Å²) < 4.78 is 5.40. The third kappa shape index (κ3) is 3.41. The van der Waals surface area contributed by atoms with Crippen LogP contribution in [-0.2, 0) is 11.2 Å². The lowest BCUT2D eigenvalue weighted by atomic mass is 10.2. The second kappa shape index (κ2) is 7.15. The fourth-order valence-corrected chi connectivity index (χ4v) is 2.99. The number of halogens is 1. The number of benzene rings is 1. The van der Waals surface area contributed by atoms with Crippen molar-refractivity contribution < 1.29 is 4.74 Å². The maximum absolute atomic E-state index is 6.45. The first kappa shape index (κ1) is 16.0. The van der Waals surface area contributed by atoms with Crippen LogP contribution in [0.5, 0.6) is 0 Å². The molecule has 1 aromatic heterocycles. The summed E-state index contributed by atoms with van der Waals surface area (Å²) in [6.45, 7) is 5.04. The summed E-state index contributed by atoms with van der Waals surface area (Å²) in [6, 6.07) is 10.2. The average Bonchev–Trinajstić information content (AvgIpc) is 2.62. The molecule has 2 heterocycles. The summed E-state index contributed by atoms with van der Waals surface area (Å²) in [5.74, 6) is 1.54. The molecule has 1 fully saturated rings. The fourth-order valence-electron chi connectivity index (χ4n) is 2.69. The lowest BCUT2D eigenvalue weighted by Crippen LogP contribution is -2.37. The van der Waals surface area contributed by atoms with Gasteiger partial charge in [-0.15, -0.1) is 0 Å². The van der Waals surface area contributed by atoms with E-state index < -0.39 is 0 Å². The molecule has 0 bridgehead atoms. The first-order chi connectivity index (χ1) is 11.2. The Morgan fingerprint density at radius 1 is 1.17 bits per heavy atom. The highest BCUT2D eigenvalue weighted by Gasteiger charge is 2.20. The molecule has 1 aromatic carbocycles. The third-order valence-electron chi connectivity index (χ3n) is 4.03. The average molecular weight is 333 g/mol. The first-order valence-electron chi connectivity index (χ1n) is 7.88. The van der Waals surface area contributed by atoms with E-state index in [2.05, 4.69) is 33.8 Å². The number of nitrogens with zero attached hydrogens (tertiary/aromatic N) is 4. The number of ether oxygens (including phenoxy) is 1. The van der Waals surface area contributed by atoms with Gasteiger partial charge in [-0.05, 0) is 18.6 Å². The summed E-state index contributed by atoms with van der Waals surface area (Å²) in [7, 11) is 2.01. The number of hydrogen-bond acceptors (Lipinski definition) is 5. The Bertz CT molecular complexity index is 659. The predicted octanol–water partition coefficient (Wildman–Crippen LogP) is 3.30. The Kier molecular flexibility index (Phi) is 4.98. The second-order valence-electron chi connectivity index (χ2n) is 5.46. The molecule has 23 heavy (non-hydrogen) atoms. The highest BCUT2D eigenvalue weighted by Crippen LogP contribution is 2.31. The molecule has 0 amide bonds. The Morgan fingerprint density at radius 2 is 1.87 bits per heavy atom. The predicted molar refractivity (Wildman–Crippen MR) is 94.0 cm³/mol. The second-order valence-corrected chi connectivity index (χ2v) is 5.82. The van der Waals surface area contributed by atoms with Gasteiger partial charge >= 0.3 is 0 Å². The maximum Gasteiger partial charge on any atom is 0.228 e. The van der Waals surface area contributed by atoms with E-state index in [0.29, 0.717) is 24.3 Å². The van der Waals surface area contributed by atoms with E-state index in [1.165, 1.54) is 0 Å². The Labute approximate surface area is 141 Å². The number of anilines is 3. The van der Waals surface area contributed by atoms with Gasteiger partial charge in [-0.3, -0.25) is 0 Å². The van der Waals surface area contributed by atoms with Crippen LogP contribution in [0.1, 0.15) is 12.5 Å². The standard InChI is InChI=1S/C17H21ClN4O/c1-3-14-15(18)19-17(22-9-11-23-12-10-22)20-16(14)21(2)13-7-5-4-6-8-13/h4-8H,3,9-12H2,1-2H3. The molecule has 1 aliphatic rings. The van der Waals surface area contributed by atoms with Crippen LogP contribution in [0.3, 0.4) is 0 Å². The van der Waals surface area contributed by atoms with Crippen molar-refractivity contribution in [3.63, 3.8) is 0 Å². The van der Waals surface area contributed by atoms with Gasteiger partial charge in [-0.1, -0.05) is 36.7 Å². The van der Waals surface area contributed by atoms with Crippen LogP contribution >= 0.6 is 11.6 Å². The van der Waals surface area contributed by atoms with Crippen LogP contribution in [0, 0.1) is 0 Å². The monoisotopic (exact) mass is 332 g/mol. The minimum absolute atomic E-state index is 0.529. The van der Waals surface area contributed by atoms with Crippen LogP contribution < -0.4 is 9.80 Å². The van der Waals surface area contributed by atoms with Crippen molar-refractivity contribution in [2.75, 3.05) is 43.2 Å². The van der Waals surface area contributed by atoms with Gasteiger partial charge in [-0.25, -0.2) is 4.98 Å². The van der Waals surface area contributed by atoms with E-state index in [-0.39, 0.29) is 0 Å². The summed E-state index contributed by atoms with van der Waals surface area (Å²) in [5.41, 5.74) is 2.04. The third-order valence-corrected chi connectivity index (χ3v) is 4.34. The molecule has 1 saturated heterocycles. The largest absolute Gasteiger partial charge is 0.378 e. The molecule has 5 nitrogen and oxygen atoms in total. The Morgan fingerprint density at radius 3 is 2.52 bits per heavy atom. The molecule has 6 heteroatoms. The summed E-state index contributed by atoms with van der Waals surface area (Å²) in [4.78, 5) is 13.5. The van der Waals surface area contributed by atoms with E-state index in [1.807, 2.05) is 25.2 Å². The van der Waals surface area contributed by atoms with Gasteiger partial charge < -0.3 is 14.5 Å². The highest BCUT2D eigenvalue weighted by molar-refractivity contribution is 6.30. The topological polar surface area (TPSA) is 41.5 Å². The zero-order valence-electron chi connectivity index (χ0n) is 13.5. The Hall–Kier alpha value is -1.85. The summed E-state index contributed by atoms with van der Waals surface area (Å²) >= 11 is 6.45. The normalized spacial score (nSPS) is 14.8. The van der Waals surface area contributed by atoms with Crippen molar-refractivity contribution in [3.8, 4) is 0 Å². The molecular weight excluding hydrogens is 312 g/mol. The van der Waals surface area contributed by atoms with Gasteiger partial charge in [0.05, 0.1) is 13.2 Å². The molecule has 3 rings (SSSR count). The molecule has 0 saturated carbocycles. The molecule has 0 aliphatic carbocycles. The number of hydrogen-bond donors (Lipinski definition) is 0. The number of morpholine rings is 1. The van der Waals surface area contributed by atoms with E-state index in [1.54, 1.807) is 0 Å². The van der Waals surface area contributed by atoms with Crippen molar-refractivity contribution >= 4 is 29.1 Å². The van der Waals surface area contributed by atoms with Gasteiger partial charge in [-0.2, -0.15) is 4.98 Å². The minimum atomic E-state index is 0.529. The SMILES string of the molecule is CCc1c(Cl)nc(N2CCOCC2)nc1N(C)c1ccccc1. The highest BCUT2D eigenvalue weighted by atomic mass is 35.5. The van der Waals surface area contributed by atoms with Crippen molar-refractivity contribution in [3.05, 3.63) is 41.0 Å². The molecule has 0 radical (unpaired) electrons. The molecular formula is C17H21ClN4O. The van der Waals surface area contributed by atoms with Crippen LogP contribution in [0.4, 0.5) is 17.5 Å². The van der Waals surface area contributed by atoms with Crippen LogP contribution in [0.25, 0.3) is 0 Å². The van der Waals surface area contributed by atoms with E-state index in [4.69, 9.17) is 21.3 Å². The van der Waals surface area contributed by atoms with Crippen molar-refractivity contribution in [1.29, 1.82) is 0 Å². The van der Waals surface area contributed by atoms with Gasteiger partial charge in [0.15, 0.2) is 0 Å². The quantitative estimate of drug-likeness (QED) is 0.804. The number of para-hydroxylation sites is 1. The van der Waals surface area contributed by atoms with Crippen LogP contribution in [0.15, 0.2) is 30.3 Å². The van der Waals surface area contributed by atoms with Gasteiger partial charge in [0.1, 0.15) is 11.0 Å². The van der Waals surface area contributed by atoms with Gasteiger partial charge in [0, 0.05) is 31.4 Å². The van der Waals surface area contributed by atoms with Crippen molar-refractivity contribution in [1.82, 2.24) is 9.97 Å². The fraction of sp³-hybridized carbons (Fsp3) is 0.412. The van der Waals surface area contributed by atoms with Crippen LogP contribution in [-0.4, -0.2) is 43.3 Å². The zero-order valence-corrected chi connectivity index (χ0v) is 14.3. The molecule has 0 N–H and O–H groups in total. The van der Waals surface area contributed by atoms with E-state index in [9.17, 15) is 0 Å². The lowest BCUT2D eigenvalue weighted by Gasteiger charge is -2.29. The summed E-state index contributed by atoms with van der Waals surface area (Å²) in [5, 5.41) is 0.529. The van der Waals surface area contributed by atoms with E-state index in [0.717, 1.165) is 36.6 Å². The molecule has 0 unspecified atom stereocenters. The number of aromatic nitrogens is 2. The maximum atomic E-state index is 6.45. The van der Waals surface area contributed by atoms with Crippen LogP contribution in [0.2, 0.25) is 5.15 Å². The molecule has 122 valence electrons. The minimum Gasteiger partial charge on any atom is -0.378 e. The van der Waals surface area contributed by atoms with E-state index >= 15 is 0 Å². The first-order valence-corrected chi connectivity index (χ1v) is 8.26. The van der Waals surface area contributed by atoms with Gasteiger partial charge in [0.25, 0.3) is 0 Å². The molecule has 1 aliphatic heterocycles. The zero-order chi connectivity index (χ0) is 16.2. The number of rotatable bonds is 4.